The Bertz CT molecular complexity index is 485. The molecule has 0 radical (unpaired) electrons. The van der Waals surface area contributed by atoms with Gasteiger partial charge in [-0.25, -0.2) is 4.79 Å². The molecular weight excluding hydrogens is 258 g/mol. The zero-order valence-electron chi connectivity index (χ0n) is 12.0. The zero-order valence-corrected chi connectivity index (χ0v) is 12.0. The lowest BCUT2D eigenvalue weighted by atomic mass is 10.0. The van der Waals surface area contributed by atoms with E-state index in [1.165, 1.54) is 0 Å². The van der Waals surface area contributed by atoms with Crippen molar-refractivity contribution in [2.75, 3.05) is 25.1 Å². The minimum Gasteiger partial charge on any atom is -0.478 e. The van der Waals surface area contributed by atoms with Gasteiger partial charge in [0.15, 0.2) is 5.82 Å². The Labute approximate surface area is 118 Å². The molecule has 0 saturated carbocycles. The molecule has 2 heterocycles. The third-order valence-electron chi connectivity index (χ3n) is 3.64. The highest BCUT2D eigenvalue weighted by Crippen LogP contribution is 2.22. The summed E-state index contributed by atoms with van der Waals surface area (Å²) in [5.41, 5.74) is 1.80. The number of ether oxygens (including phenoxy) is 1. The highest BCUT2D eigenvalue weighted by atomic mass is 16.5. The Morgan fingerprint density at radius 3 is 2.75 bits per heavy atom. The van der Waals surface area contributed by atoms with Gasteiger partial charge in [0.25, 0.3) is 0 Å². The molecule has 1 aromatic rings. The lowest BCUT2D eigenvalue weighted by molar-refractivity contribution is 0.0696. The van der Waals surface area contributed by atoms with Crippen molar-refractivity contribution < 1.29 is 14.6 Å². The van der Waals surface area contributed by atoms with Gasteiger partial charge in [-0.1, -0.05) is 13.8 Å². The fourth-order valence-corrected chi connectivity index (χ4v) is 2.51. The highest BCUT2D eigenvalue weighted by molar-refractivity contribution is 5.95. The van der Waals surface area contributed by atoms with E-state index in [2.05, 4.69) is 15.5 Å². The first kappa shape index (κ1) is 14.7. The van der Waals surface area contributed by atoms with E-state index in [-0.39, 0.29) is 5.56 Å². The lowest BCUT2D eigenvalue weighted by Gasteiger charge is -2.15. The predicted octanol–water partition coefficient (Wildman–Crippen LogP) is 1.75. The van der Waals surface area contributed by atoms with E-state index in [0.717, 1.165) is 30.9 Å². The molecule has 1 fully saturated rings. The summed E-state index contributed by atoms with van der Waals surface area (Å²) in [6.45, 7) is 6.06. The molecular formula is C14H21N3O3. The number of carboxylic acids is 1. The third kappa shape index (κ3) is 3.07. The minimum atomic E-state index is -0.948. The van der Waals surface area contributed by atoms with E-state index in [1.807, 2.05) is 13.8 Å². The molecule has 0 bridgehead atoms. The number of nitrogens with one attached hydrogen (secondary N) is 1. The van der Waals surface area contributed by atoms with Gasteiger partial charge in [-0.15, -0.1) is 5.10 Å². The smallest absolute Gasteiger partial charge is 0.339 e. The fraction of sp³-hybridized carbons (Fsp3) is 0.643. The Morgan fingerprint density at radius 1 is 1.40 bits per heavy atom. The lowest BCUT2D eigenvalue weighted by Crippen LogP contribution is -2.19. The summed E-state index contributed by atoms with van der Waals surface area (Å²) < 4.78 is 5.31. The predicted molar refractivity (Wildman–Crippen MR) is 75.2 cm³/mol. The Kier molecular flexibility index (Phi) is 4.89. The number of hydrogen-bond donors (Lipinski definition) is 2. The molecule has 6 nitrogen and oxygen atoms in total. The molecule has 20 heavy (non-hydrogen) atoms. The molecule has 6 heteroatoms. The summed E-state index contributed by atoms with van der Waals surface area (Å²) in [7, 11) is 0. The minimum absolute atomic E-state index is 0.262. The topological polar surface area (TPSA) is 84.3 Å². The van der Waals surface area contributed by atoms with Crippen LogP contribution in [-0.2, 0) is 17.6 Å². The van der Waals surface area contributed by atoms with Gasteiger partial charge in [-0.3, -0.25) is 0 Å². The molecule has 1 atom stereocenters. The molecule has 1 unspecified atom stereocenters. The first-order chi connectivity index (χ1) is 9.67. The van der Waals surface area contributed by atoms with E-state index in [9.17, 15) is 9.90 Å². The van der Waals surface area contributed by atoms with Crippen LogP contribution in [-0.4, -0.2) is 41.0 Å². The molecule has 110 valence electrons. The first-order valence-corrected chi connectivity index (χ1v) is 7.10. The van der Waals surface area contributed by atoms with Crippen LogP contribution in [0.2, 0.25) is 0 Å². The Hall–Kier alpha value is -1.69. The molecule has 0 aliphatic carbocycles. The van der Waals surface area contributed by atoms with Crippen molar-refractivity contribution in [3.63, 3.8) is 0 Å². The van der Waals surface area contributed by atoms with Gasteiger partial charge in [0.05, 0.1) is 12.3 Å². The number of aromatic carboxylic acids is 1. The van der Waals surface area contributed by atoms with Crippen LogP contribution >= 0.6 is 0 Å². The fourth-order valence-electron chi connectivity index (χ4n) is 2.51. The number of aromatic nitrogens is 2. The maximum Gasteiger partial charge on any atom is 0.339 e. The second-order valence-corrected chi connectivity index (χ2v) is 4.97. The second kappa shape index (κ2) is 6.65. The van der Waals surface area contributed by atoms with Gasteiger partial charge in [0.2, 0.25) is 0 Å². The normalized spacial score (nSPS) is 18.2. The number of aryl methyl sites for hydroxylation is 1. The highest BCUT2D eigenvalue weighted by Gasteiger charge is 2.22. The molecule has 0 aromatic carbocycles. The van der Waals surface area contributed by atoms with Crippen LogP contribution in [0.1, 0.15) is 41.9 Å². The number of anilines is 1. The Balaban J connectivity index is 2.24. The third-order valence-corrected chi connectivity index (χ3v) is 3.64. The van der Waals surface area contributed by atoms with Crippen LogP contribution < -0.4 is 5.32 Å². The standard InChI is InChI=1S/C14H21N3O3/c1-3-10-11(4-2)16-17-13(12(10)14(18)19)15-7-9-5-6-20-8-9/h9H,3-8H2,1-2H3,(H,15,17)(H,18,19). The average Bonchev–Trinajstić information content (AvgIpc) is 2.96. The second-order valence-electron chi connectivity index (χ2n) is 4.97. The van der Waals surface area contributed by atoms with Crippen molar-refractivity contribution in [2.45, 2.75) is 33.1 Å². The molecule has 0 amide bonds. The summed E-state index contributed by atoms with van der Waals surface area (Å²) in [6, 6.07) is 0. The first-order valence-electron chi connectivity index (χ1n) is 7.10. The van der Waals surface area contributed by atoms with Crippen molar-refractivity contribution >= 4 is 11.8 Å². The quantitative estimate of drug-likeness (QED) is 0.825. The van der Waals surface area contributed by atoms with Crippen LogP contribution in [0, 0.1) is 5.92 Å². The van der Waals surface area contributed by atoms with Gasteiger partial charge in [0, 0.05) is 19.1 Å². The molecule has 1 saturated heterocycles. The molecule has 0 spiro atoms. The zero-order chi connectivity index (χ0) is 14.5. The maximum atomic E-state index is 11.5. The van der Waals surface area contributed by atoms with Crippen LogP contribution in [0.5, 0.6) is 0 Å². The van der Waals surface area contributed by atoms with E-state index >= 15 is 0 Å². The van der Waals surface area contributed by atoms with Crippen LogP contribution in [0.3, 0.4) is 0 Å². The Morgan fingerprint density at radius 2 is 2.20 bits per heavy atom. The van der Waals surface area contributed by atoms with Gasteiger partial charge in [-0.2, -0.15) is 5.10 Å². The van der Waals surface area contributed by atoms with Gasteiger partial charge >= 0.3 is 5.97 Å². The average molecular weight is 279 g/mol. The maximum absolute atomic E-state index is 11.5. The van der Waals surface area contributed by atoms with Gasteiger partial charge in [0.1, 0.15) is 5.56 Å². The monoisotopic (exact) mass is 279 g/mol. The number of hydrogen-bond acceptors (Lipinski definition) is 5. The summed E-state index contributed by atoms with van der Waals surface area (Å²) >= 11 is 0. The van der Waals surface area contributed by atoms with Crippen LogP contribution in [0.15, 0.2) is 0 Å². The summed E-state index contributed by atoms with van der Waals surface area (Å²) in [4.78, 5) is 11.5. The number of carbonyl (C=O) groups is 1. The SMILES string of the molecule is CCc1nnc(NCC2CCOC2)c(C(=O)O)c1CC. The van der Waals surface area contributed by atoms with Crippen molar-refractivity contribution in [1.29, 1.82) is 0 Å². The van der Waals surface area contributed by atoms with Gasteiger partial charge in [-0.05, 0) is 24.8 Å². The largest absolute Gasteiger partial charge is 0.478 e. The summed E-state index contributed by atoms with van der Waals surface area (Å²) in [5, 5.41) is 20.8. The van der Waals surface area contributed by atoms with E-state index in [0.29, 0.717) is 31.1 Å². The van der Waals surface area contributed by atoms with Crippen LogP contribution in [0.25, 0.3) is 0 Å². The molecule has 1 aliphatic heterocycles. The van der Waals surface area contributed by atoms with E-state index in [4.69, 9.17) is 4.74 Å². The van der Waals surface area contributed by atoms with Crippen molar-refractivity contribution in [3.05, 3.63) is 16.8 Å². The van der Waals surface area contributed by atoms with E-state index < -0.39 is 5.97 Å². The number of rotatable bonds is 6. The molecule has 2 N–H and O–H groups in total. The summed E-state index contributed by atoms with van der Waals surface area (Å²) in [6.07, 6.45) is 2.32. The molecule has 1 aromatic heterocycles. The van der Waals surface area contributed by atoms with Crippen LogP contribution in [0.4, 0.5) is 5.82 Å². The molecule has 2 rings (SSSR count). The van der Waals surface area contributed by atoms with Gasteiger partial charge < -0.3 is 15.2 Å². The number of nitrogens with zero attached hydrogens (tertiary/aromatic N) is 2. The van der Waals surface area contributed by atoms with Crippen molar-refractivity contribution in [3.8, 4) is 0 Å². The number of carboxylic acid groups (broad SMARTS) is 1. The van der Waals surface area contributed by atoms with E-state index in [1.54, 1.807) is 0 Å². The van der Waals surface area contributed by atoms with Crippen molar-refractivity contribution in [1.82, 2.24) is 10.2 Å². The molecule has 1 aliphatic rings. The summed E-state index contributed by atoms with van der Waals surface area (Å²) in [5.74, 6) is -0.163. The van der Waals surface area contributed by atoms with Crippen molar-refractivity contribution in [2.24, 2.45) is 5.92 Å².